The van der Waals surface area contributed by atoms with Crippen molar-refractivity contribution >= 4 is 46.4 Å². The molecule has 5 heterocycles. The number of nitrogens with two attached hydrogens (primary N) is 2. The Morgan fingerprint density at radius 3 is 2.46 bits per heavy atom. The van der Waals surface area contributed by atoms with Gasteiger partial charge in [0.15, 0.2) is 18.7 Å². The van der Waals surface area contributed by atoms with Crippen molar-refractivity contribution in [3.8, 4) is 10.6 Å². The molecule has 2 amide bonds. The van der Waals surface area contributed by atoms with E-state index in [1.807, 2.05) is 52.8 Å². The standard InChI is InChI=1S/C52H81FN8O10S/c1-12-40-51(9,67)37-20-19-35(60-68-27-36-18-17-34(26-56-36)47-58-41(28-72-47)57-46(65)38(55)16-14-15-23-54)21-22-52(33(7)45(64)50(8,53)49(66)70-40,71-48-44(63)39(61(10)11)25-31(5)69-48)30(4)24-29(3)43(32(37)6)59-42(62)13-2/h17-18,26,28-31,33,37-40,44,48,63,67H,12-16,19-25,27,54-55H2,1-11H3,(H,57,65)(H,59,62). The van der Waals surface area contributed by atoms with Crippen LogP contribution in [0.4, 0.5) is 10.2 Å². The largest absolute Gasteiger partial charge is 0.457 e. The van der Waals surface area contributed by atoms with Crippen molar-refractivity contribution in [1.29, 1.82) is 0 Å². The summed E-state index contributed by atoms with van der Waals surface area (Å²) >= 11 is 1.34. The van der Waals surface area contributed by atoms with E-state index in [1.165, 1.54) is 25.2 Å². The Balaban J connectivity index is 1.58. The molecule has 2 bridgehead atoms. The number of nitrogens with one attached hydrogen (secondary N) is 2. The number of fused-ring (bicyclic) bond motifs is 13. The number of anilines is 1. The fourth-order valence-corrected chi connectivity index (χ4v) is 11.4. The van der Waals surface area contributed by atoms with Crippen LogP contribution in [-0.4, -0.2) is 129 Å². The number of pyridine rings is 1. The third kappa shape index (κ3) is 13.7. The number of nitrogens with zero attached hydrogens (tertiary/aromatic N) is 4. The van der Waals surface area contributed by atoms with Gasteiger partial charge in [0.05, 0.1) is 29.2 Å². The monoisotopic (exact) mass is 1030 g/mol. The summed E-state index contributed by atoms with van der Waals surface area (Å²) < 4.78 is 36.6. The molecule has 0 spiro atoms. The maximum absolute atomic E-state index is 17.3. The van der Waals surface area contributed by atoms with Crippen LogP contribution in [0.15, 0.2) is 40.1 Å². The van der Waals surface area contributed by atoms with E-state index in [1.54, 1.807) is 31.5 Å². The summed E-state index contributed by atoms with van der Waals surface area (Å²) in [7, 11) is 3.70. The van der Waals surface area contributed by atoms with Crippen LogP contribution < -0.4 is 22.1 Å². The van der Waals surface area contributed by atoms with Crippen molar-refractivity contribution in [3.05, 3.63) is 40.7 Å². The first-order valence-corrected chi connectivity index (χ1v) is 26.5. The summed E-state index contributed by atoms with van der Waals surface area (Å²) in [5.74, 6) is -5.88. The molecule has 1 aliphatic carbocycles. The first-order chi connectivity index (χ1) is 33.9. The molecule has 0 aromatic carbocycles. The van der Waals surface area contributed by atoms with Crippen molar-refractivity contribution < 1.29 is 52.8 Å². The molecule has 3 aliphatic heterocycles. The number of Topliss-reactive ketones (excluding diaryl/α,β-unsaturated/α-hetero) is 1. The van der Waals surface area contributed by atoms with Crippen LogP contribution in [0, 0.1) is 23.7 Å². The number of allylic oxidation sites excluding steroid dienone is 1. The number of rotatable bonds is 16. The lowest BCUT2D eigenvalue weighted by Crippen LogP contribution is -2.61. The van der Waals surface area contributed by atoms with Gasteiger partial charge in [0.2, 0.25) is 11.8 Å². The number of hydrogen-bond donors (Lipinski definition) is 6. The number of unbranched alkanes of at least 4 members (excludes halogenated alkanes) is 1. The van der Waals surface area contributed by atoms with Gasteiger partial charge in [-0.3, -0.25) is 19.4 Å². The number of alkyl halides is 1. The van der Waals surface area contributed by atoms with Crippen LogP contribution in [0.25, 0.3) is 10.6 Å². The second-order valence-corrected chi connectivity index (χ2v) is 21.6. The van der Waals surface area contributed by atoms with E-state index in [-0.39, 0.29) is 75.5 Å². The number of carbonyl (C=O) groups is 4. The molecule has 0 saturated carbocycles. The van der Waals surface area contributed by atoms with Crippen LogP contribution in [0.2, 0.25) is 0 Å². The molecule has 2 aromatic heterocycles. The molecule has 20 heteroatoms. The van der Waals surface area contributed by atoms with Crippen molar-refractivity contribution in [2.24, 2.45) is 40.3 Å². The van der Waals surface area contributed by atoms with Crippen molar-refractivity contribution in [2.45, 2.75) is 193 Å². The Morgan fingerprint density at radius 2 is 1.82 bits per heavy atom. The first kappa shape index (κ1) is 58.6. The van der Waals surface area contributed by atoms with E-state index < -0.39 is 76.8 Å². The zero-order valence-corrected chi connectivity index (χ0v) is 45.0. The second kappa shape index (κ2) is 25.3. The lowest BCUT2D eigenvalue weighted by atomic mass is 9.66. The van der Waals surface area contributed by atoms with E-state index >= 15 is 4.39 Å². The minimum atomic E-state index is -3.18. The molecule has 2 fully saturated rings. The second-order valence-electron chi connectivity index (χ2n) is 20.8. The van der Waals surface area contributed by atoms with Gasteiger partial charge in [0.1, 0.15) is 28.6 Å². The number of amides is 2. The lowest BCUT2D eigenvalue weighted by Gasteiger charge is -2.50. The molecule has 8 N–H and O–H groups in total. The number of aliphatic hydroxyl groups excluding tert-OH is 1. The highest BCUT2D eigenvalue weighted by Crippen LogP contribution is 2.47. The van der Waals surface area contributed by atoms with Gasteiger partial charge in [-0.25, -0.2) is 14.2 Å². The number of halogens is 1. The molecule has 6 rings (SSSR count). The number of aliphatic hydroxyl groups is 2. The molecule has 4 aliphatic rings. The van der Waals surface area contributed by atoms with Crippen molar-refractivity contribution in [2.75, 3.05) is 26.0 Å². The average molecular weight is 1030 g/mol. The number of ether oxygens (including phenoxy) is 3. The fourth-order valence-electron chi connectivity index (χ4n) is 10.7. The fraction of sp³-hybridized carbons (Fsp3) is 0.712. The molecule has 13 unspecified atom stereocenters. The van der Waals surface area contributed by atoms with Gasteiger partial charge in [-0.15, -0.1) is 11.3 Å². The number of likely N-dealkylation sites (N-methyl/N-ethyl adjacent to an activating group) is 1. The van der Waals surface area contributed by atoms with Crippen LogP contribution in [0.1, 0.15) is 139 Å². The lowest BCUT2D eigenvalue weighted by molar-refractivity contribution is -0.308. The summed E-state index contributed by atoms with van der Waals surface area (Å²) in [6.45, 7) is 15.5. The summed E-state index contributed by atoms with van der Waals surface area (Å²) in [6, 6.07) is 2.55. The number of oxime groups is 1. The summed E-state index contributed by atoms with van der Waals surface area (Å²) in [6.07, 6.45) is 1.28. The van der Waals surface area contributed by atoms with Crippen LogP contribution in [0.5, 0.6) is 0 Å². The number of aromatic nitrogens is 2. The molecular weight excluding hydrogens is 948 g/mol. The van der Waals surface area contributed by atoms with E-state index in [0.29, 0.717) is 58.5 Å². The Hall–Kier alpha value is -4.28. The topological polar surface area (TPSA) is 263 Å². The highest BCUT2D eigenvalue weighted by Gasteiger charge is 2.58. The SMILES string of the molecule is CCC(=O)NC1=C(C)C2CCC(=NOCc3ccc(-c4nc(NC(=O)C(N)CCCCN)cs4)cn3)CCC(OC3OC(C)CC(N(C)C)C3O)(C(C)CC1C)C(C)C(=O)C(C)(F)C(=O)OC(CC)C2(C)O. The Labute approximate surface area is 428 Å². The van der Waals surface area contributed by atoms with Gasteiger partial charge < -0.3 is 56.3 Å². The quantitative estimate of drug-likeness (QED) is 0.0465. The number of carbonyl (C=O) groups excluding carboxylic acids is 4. The minimum absolute atomic E-state index is 0.0378. The van der Waals surface area contributed by atoms with Crippen molar-refractivity contribution in [3.63, 3.8) is 0 Å². The number of hydrogen-bond acceptors (Lipinski definition) is 17. The molecular formula is C52H81FN8O10S. The molecule has 2 aromatic rings. The first-order valence-electron chi connectivity index (χ1n) is 25.6. The Kier molecular flexibility index (Phi) is 20.6. The molecule has 0 radical (unpaired) electrons. The highest BCUT2D eigenvalue weighted by atomic mass is 32.1. The summed E-state index contributed by atoms with van der Waals surface area (Å²) in [4.78, 5) is 72.1. The zero-order valence-electron chi connectivity index (χ0n) is 44.2. The zero-order chi connectivity index (χ0) is 53.3. The third-order valence-electron chi connectivity index (χ3n) is 15.2. The molecule has 18 nitrogen and oxygen atoms in total. The maximum atomic E-state index is 17.3. The predicted octanol–water partition coefficient (Wildman–Crippen LogP) is 6.33. The maximum Gasteiger partial charge on any atom is 0.351 e. The normalized spacial score (nSPS) is 33.1. The molecule has 2 saturated heterocycles. The van der Waals surface area contributed by atoms with Crippen LogP contribution in [0.3, 0.4) is 0 Å². The van der Waals surface area contributed by atoms with Gasteiger partial charge in [0, 0.05) is 47.1 Å². The van der Waals surface area contributed by atoms with Crippen LogP contribution in [-0.2, 0) is 44.8 Å². The molecule has 402 valence electrons. The molecule has 13 atom stereocenters. The number of esters is 1. The minimum Gasteiger partial charge on any atom is -0.457 e. The predicted molar refractivity (Wildman–Crippen MR) is 274 cm³/mol. The van der Waals surface area contributed by atoms with Gasteiger partial charge in [-0.05, 0) is 136 Å². The Morgan fingerprint density at radius 1 is 1.10 bits per heavy atom. The highest BCUT2D eigenvalue weighted by molar-refractivity contribution is 7.13. The average Bonchev–Trinajstić information content (AvgIpc) is 3.81. The van der Waals surface area contributed by atoms with Gasteiger partial charge in [-0.2, -0.15) is 0 Å². The number of thiazole rings is 1. The third-order valence-corrected chi connectivity index (χ3v) is 16.1. The van der Waals surface area contributed by atoms with E-state index in [0.717, 1.165) is 19.8 Å². The van der Waals surface area contributed by atoms with Gasteiger partial charge in [-0.1, -0.05) is 46.2 Å². The van der Waals surface area contributed by atoms with E-state index in [2.05, 4.69) is 20.6 Å². The van der Waals surface area contributed by atoms with Crippen molar-refractivity contribution in [1.82, 2.24) is 20.2 Å². The number of ketones is 1. The van der Waals surface area contributed by atoms with E-state index in [4.69, 9.17) is 35.7 Å². The van der Waals surface area contributed by atoms with Gasteiger partial charge >= 0.3 is 5.97 Å². The van der Waals surface area contributed by atoms with E-state index in [9.17, 15) is 29.4 Å². The summed E-state index contributed by atoms with van der Waals surface area (Å²) in [5.41, 5.74) is 7.99. The smallest absolute Gasteiger partial charge is 0.351 e. The Bertz CT molecular complexity index is 2240. The molecule has 72 heavy (non-hydrogen) atoms. The van der Waals surface area contributed by atoms with Gasteiger partial charge in [0.25, 0.3) is 5.67 Å². The summed E-state index contributed by atoms with van der Waals surface area (Å²) in [5, 5.41) is 37.6. The van der Waals surface area contributed by atoms with Crippen LogP contribution >= 0.6 is 11.3 Å².